The van der Waals surface area contributed by atoms with Gasteiger partial charge in [-0.2, -0.15) is 0 Å². The Morgan fingerprint density at radius 3 is 2.40 bits per heavy atom. The lowest BCUT2D eigenvalue weighted by atomic mass is 9.95. The highest BCUT2D eigenvalue weighted by Gasteiger charge is 2.40. The second kappa shape index (κ2) is 19.3. The summed E-state index contributed by atoms with van der Waals surface area (Å²) in [4.78, 5) is 33.7. The maximum atomic E-state index is 16.9. The summed E-state index contributed by atoms with van der Waals surface area (Å²) in [7, 11) is 1.41. The molecule has 358 valence electrons. The van der Waals surface area contributed by atoms with E-state index in [1.807, 2.05) is 68.0 Å². The van der Waals surface area contributed by atoms with Gasteiger partial charge < -0.3 is 49.6 Å². The molecule has 15 nitrogen and oxygen atoms in total. The number of H-pyrrole nitrogens is 2. The molecule has 1 amide bonds. The van der Waals surface area contributed by atoms with E-state index in [0.717, 1.165) is 65.8 Å². The SMILES string of the molecule is CCC(C)OC1=CC(C2Oc3cc(-c4cnc(C5CCCN5C(=O)C(N)C(C)C)[nH]4)cc(F)c3-c3cc4cc(-c5cnc(C6CCCN6C(O)C(NC(O)OC)C(C)C)[nH]5)ccc4n32)CC=C1. The summed E-state index contributed by atoms with van der Waals surface area (Å²) in [5, 5.41) is 25.7. The number of hydrogen-bond donors (Lipinski definition) is 6. The lowest BCUT2D eigenvalue weighted by molar-refractivity contribution is -0.134. The summed E-state index contributed by atoms with van der Waals surface area (Å²) >= 11 is 0. The normalized spacial score (nSPS) is 23.0. The van der Waals surface area contributed by atoms with Gasteiger partial charge in [0.25, 0.3) is 0 Å². The number of imidazole rings is 2. The van der Waals surface area contributed by atoms with Crippen molar-refractivity contribution in [3.63, 3.8) is 0 Å². The first kappa shape index (κ1) is 46.7. The number of aliphatic hydroxyl groups is 2. The maximum absolute atomic E-state index is 16.9. The second-order valence-electron chi connectivity index (χ2n) is 19.4. The summed E-state index contributed by atoms with van der Waals surface area (Å²) in [6.07, 6.45) is 12.1. The molecule has 2 aromatic carbocycles. The van der Waals surface area contributed by atoms with Gasteiger partial charge in [0.15, 0.2) is 6.23 Å². The molecule has 6 heterocycles. The molecular formula is C51H66FN9O6. The van der Waals surface area contributed by atoms with Gasteiger partial charge in [-0.3, -0.25) is 15.0 Å². The predicted octanol–water partition coefficient (Wildman–Crippen LogP) is 8.03. The summed E-state index contributed by atoms with van der Waals surface area (Å²) in [6, 6.07) is 10.2. The van der Waals surface area contributed by atoms with Crippen LogP contribution in [0.15, 0.2) is 72.8 Å². The Hall–Kier alpha value is -5.36. The summed E-state index contributed by atoms with van der Waals surface area (Å²) < 4.78 is 37.4. The number of hydrogen-bond acceptors (Lipinski definition) is 11. The van der Waals surface area contributed by atoms with Crippen molar-refractivity contribution >= 4 is 16.8 Å². The van der Waals surface area contributed by atoms with Gasteiger partial charge in [-0.25, -0.2) is 14.4 Å². The molecule has 0 saturated carbocycles. The number of nitrogens with two attached hydrogens (primary N) is 1. The Kier molecular flexibility index (Phi) is 13.5. The van der Waals surface area contributed by atoms with Crippen LogP contribution >= 0.6 is 0 Å². The largest absolute Gasteiger partial charge is 0.491 e. The van der Waals surface area contributed by atoms with Crippen molar-refractivity contribution in [3.05, 3.63) is 90.2 Å². The minimum Gasteiger partial charge on any atom is -0.491 e. The molecule has 0 bridgehead atoms. The van der Waals surface area contributed by atoms with Gasteiger partial charge in [-0.15, -0.1) is 0 Å². The van der Waals surface area contributed by atoms with Gasteiger partial charge >= 0.3 is 0 Å². The molecule has 0 spiro atoms. The number of aromatic amines is 2. The zero-order valence-corrected chi connectivity index (χ0v) is 39.6. The summed E-state index contributed by atoms with van der Waals surface area (Å²) in [5.74, 6) is 1.97. The minimum absolute atomic E-state index is 0.00816. The number of likely N-dealkylation sites (tertiary alicyclic amines) is 2. The van der Waals surface area contributed by atoms with E-state index in [0.29, 0.717) is 53.6 Å². The molecule has 9 rings (SSSR count). The highest BCUT2D eigenvalue weighted by atomic mass is 19.1. The number of nitrogens with one attached hydrogen (secondary N) is 3. The van der Waals surface area contributed by atoms with Crippen molar-refractivity contribution < 1.29 is 33.6 Å². The number of halogens is 1. The van der Waals surface area contributed by atoms with E-state index in [1.165, 1.54) is 13.2 Å². The number of fused-ring (bicyclic) bond motifs is 5. The fourth-order valence-corrected chi connectivity index (χ4v) is 10.2. The molecule has 0 radical (unpaired) electrons. The van der Waals surface area contributed by atoms with Crippen molar-refractivity contribution in [1.29, 1.82) is 0 Å². The first-order chi connectivity index (χ1) is 32.2. The molecule has 3 aromatic heterocycles. The number of aliphatic hydroxyl groups excluding tert-OH is 2. The van der Waals surface area contributed by atoms with Crippen LogP contribution in [-0.2, 0) is 14.3 Å². The molecule has 16 heteroatoms. The molecule has 4 aliphatic rings. The molecule has 5 aromatic rings. The average molecular weight is 920 g/mol. The number of carbonyl (C=O) groups excluding carboxylic acids is 1. The lowest BCUT2D eigenvalue weighted by Gasteiger charge is -2.37. The van der Waals surface area contributed by atoms with E-state index < -0.39 is 36.8 Å². The van der Waals surface area contributed by atoms with Crippen LogP contribution in [0.2, 0.25) is 0 Å². The van der Waals surface area contributed by atoms with Crippen molar-refractivity contribution in [2.75, 3.05) is 20.2 Å². The molecule has 9 atom stereocenters. The third-order valence-electron chi connectivity index (χ3n) is 14.2. The van der Waals surface area contributed by atoms with Gasteiger partial charge in [0.05, 0.1) is 70.8 Å². The number of ether oxygens (including phenoxy) is 3. The van der Waals surface area contributed by atoms with Crippen LogP contribution in [0.1, 0.15) is 110 Å². The Bertz CT molecular complexity index is 2630. The van der Waals surface area contributed by atoms with Gasteiger partial charge in [0.2, 0.25) is 12.3 Å². The smallest absolute Gasteiger partial charge is 0.240 e. The highest BCUT2D eigenvalue weighted by Crippen LogP contribution is 2.49. The molecule has 7 N–H and O–H groups in total. The number of aromatic nitrogens is 5. The molecule has 9 unspecified atom stereocenters. The van der Waals surface area contributed by atoms with Crippen LogP contribution in [0, 0.1) is 23.6 Å². The van der Waals surface area contributed by atoms with Gasteiger partial charge in [0, 0.05) is 42.6 Å². The number of carbonyl (C=O) groups is 1. The first-order valence-corrected chi connectivity index (χ1v) is 24.0. The Labute approximate surface area is 391 Å². The molecule has 3 aliphatic heterocycles. The topological polar surface area (TPSA) is 192 Å². The summed E-state index contributed by atoms with van der Waals surface area (Å²) in [6.45, 7) is 13.3. The molecule has 1 aliphatic carbocycles. The lowest BCUT2D eigenvalue weighted by Crippen LogP contribution is -2.55. The zero-order valence-electron chi connectivity index (χ0n) is 39.6. The fraction of sp³-hybridized carbons (Fsp3) is 0.510. The van der Waals surface area contributed by atoms with E-state index in [9.17, 15) is 15.0 Å². The second-order valence-corrected chi connectivity index (χ2v) is 19.4. The van der Waals surface area contributed by atoms with Crippen LogP contribution in [0.4, 0.5) is 4.39 Å². The quantitative estimate of drug-likeness (QED) is 0.0525. The van der Waals surface area contributed by atoms with Crippen molar-refractivity contribution in [2.24, 2.45) is 23.5 Å². The van der Waals surface area contributed by atoms with E-state index >= 15 is 4.39 Å². The monoisotopic (exact) mass is 920 g/mol. The Morgan fingerprint density at radius 1 is 0.970 bits per heavy atom. The van der Waals surface area contributed by atoms with Crippen LogP contribution in [0.25, 0.3) is 44.7 Å². The van der Waals surface area contributed by atoms with E-state index in [4.69, 9.17) is 29.9 Å². The Balaban J connectivity index is 1.05. The molecule has 2 saturated heterocycles. The van der Waals surface area contributed by atoms with Crippen molar-refractivity contribution in [1.82, 2.24) is 39.6 Å². The number of rotatable bonds is 16. The number of benzene rings is 2. The van der Waals surface area contributed by atoms with Crippen LogP contribution < -0.4 is 15.8 Å². The third-order valence-corrected chi connectivity index (χ3v) is 14.2. The van der Waals surface area contributed by atoms with E-state index in [-0.39, 0.29) is 41.8 Å². The predicted molar refractivity (Wildman–Crippen MR) is 254 cm³/mol. The number of methoxy groups -OCH3 is 1. The minimum atomic E-state index is -1.20. The number of allylic oxidation sites excluding steroid dienone is 2. The third kappa shape index (κ3) is 9.07. The average Bonchev–Trinajstić information content (AvgIpc) is 4.18. The van der Waals surface area contributed by atoms with Crippen molar-refractivity contribution in [3.8, 4) is 39.5 Å². The number of nitrogens with zero attached hydrogens (tertiary/aromatic N) is 5. The maximum Gasteiger partial charge on any atom is 0.240 e. The zero-order chi connectivity index (χ0) is 47.3. The first-order valence-electron chi connectivity index (χ1n) is 24.0. The van der Waals surface area contributed by atoms with Gasteiger partial charge in [0.1, 0.15) is 35.2 Å². The molecular weight excluding hydrogens is 854 g/mol. The van der Waals surface area contributed by atoms with Crippen LogP contribution in [0.5, 0.6) is 5.75 Å². The molecule has 67 heavy (non-hydrogen) atoms. The summed E-state index contributed by atoms with van der Waals surface area (Å²) in [5.41, 5.74) is 11.2. The van der Waals surface area contributed by atoms with E-state index in [2.05, 4.69) is 58.0 Å². The van der Waals surface area contributed by atoms with Gasteiger partial charge in [-0.1, -0.05) is 46.8 Å². The highest BCUT2D eigenvalue weighted by molar-refractivity contribution is 5.92. The standard InChI is InChI=1S/C51H66FN9O6/c1-8-29(6)66-34-13-9-12-31(21-34)50-61-38-17-16-30(36-25-54-47(56-36)40-15-11-19-60(40)49(63)45(28(4)5)58-51(64)65-7)20-33(38)23-41(61)43-35(52)22-32(24-42(43)67-50)37-26-55-46(57-37)39-14-10-18-59(39)48(62)44(53)27(2)3/h9,13,16-17,20-29,31,39-40,44-45,49-51,58,63-64H,8,10-12,14-15,18-19,53H2,1-7H3,(H,54,56)(H,55,57). The Morgan fingerprint density at radius 2 is 1.69 bits per heavy atom. The molecule has 2 fully saturated rings. The van der Waals surface area contributed by atoms with Crippen LogP contribution in [0.3, 0.4) is 0 Å². The van der Waals surface area contributed by atoms with E-state index in [1.54, 1.807) is 6.20 Å². The van der Waals surface area contributed by atoms with Gasteiger partial charge in [-0.05, 0) is 99.8 Å². The van der Waals surface area contributed by atoms with Crippen LogP contribution in [-0.4, -0.2) is 101 Å². The fourth-order valence-electron chi connectivity index (χ4n) is 10.2. The van der Waals surface area contributed by atoms with Crippen molar-refractivity contribution in [2.45, 2.75) is 129 Å². The number of amides is 1.